The summed E-state index contributed by atoms with van der Waals surface area (Å²) in [6.07, 6.45) is -10.1. The second-order valence-electron chi connectivity index (χ2n) is 18.9. The smallest absolute Gasteiger partial charge is 0.421 e. The van der Waals surface area contributed by atoms with E-state index in [-0.39, 0.29) is 51.4 Å². The summed E-state index contributed by atoms with van der Waals surface area (Å²) in [6, 6.07) is 0. The van der Waals surface area contributed by atoms with Crippen LogP contribution in [0.15, 0.2) is 0 Å². The van der Waals surface area contributed by atoms with Crippen molar-refractivity contribution in [3.05, 3.63) is 0 Å². The van der Waals surface area contributed by atoms with Crippen LogP contribution in [0.3, 0.4) is 0 Å². The molecule has 5 aliphatic carbocycles. The van der Waals surface area contributed by atoms with Crippen LogP contribution in [0.4, 0.5) is 40.7 Å². The van der Waals surface area contributed by atoms with Gasteiger partial charge in [0.25, 0.3) is 19.3 Å². The van der Waals surface area contributed by atoms with Crippen molar-refractivity contribution in [3.63, 3.8) is 0 Å². The van der Waals surface area contributed by atoms with Crippen LogP contribution in [0.2, 0.25) is 0 Å². The van der Waals surface area contributed by atoms with E-state index in [0.29, 0.717) is 19.1 Å². The van der Waals surface area contributed by atoms with Gasteiger partial charge in [-0.15, -0.1) is 0 Å². The molecule has 0 unspecified atom stereocenters. The summed E-state index contributed by atoms with van der Waals surface area (Å²) in [5.41, 5.74) is -2.35. The fraction of sp³-hybridized carbons (Fsp3) is 0.882. The number of alkyl halides is 6. The molecule has 3 amide bonds. The highest BCUT2D eigenvalue weighted by Crippen LogP contribution is 2.49. The lowest BCUT2D eigenvalue weighted by Crippen LogP contribution is -2.45. The van der Waals surface area contributed by atoms with E-state index in [9.17, 15) is 87.6 Å². The number of nitrogens with two attached hydrogens (primary N) is 2. The van der Waals surface area contributed by atoms with Gasteiger partial charge in [-0.05, 0) is 127 Å². The number of halogens is 6. The number of carbonyl (C=O) groups excluding carboxylic acids is 4. The van der Waals surface area contributed by atoms with Crippen molar-refractivity contribution in [2.24, 2.45) is 10.3 Å². The second kappa shape index (κ2) is 21.0. The number of amides is 3. The van der Waals surface area contributed by atoms with Crippen LogP contribution in [0.5, 0.6) is 0 Å². The molecule has 5 saturated carbocycles. The molecule has 33 heteroatoms. The number of ether oxygens (including phenoxy) is 3. The number of sulfonamides is 5. The number of aldehydes is 1. The van der Waals surface area contributed by atoms with Crippen LogP contribution in [0, 0.1) is 0 Å². The van der Waals surface area contributed by atoms with Gasteiger partial charge in [-0.3, -0.25) is 0 Å². The molecular weight excluding hydrogens is 1020 g/mol. The molecule has 0 aromatic heterocycles. The lowest BCUT2D eigenvalue weighted by atomic mass is 10.2. The molecule has 5 fully saturated rings. The molecule has 394 valence electrons. The van der Waals surface area contributed by atoms with Crippen molar-refractivity contribution in [2.45, 2.75) is 187 Å². The molecule has 67 heavy (non-hydrogen) atoms. The first kappa shape index (κ1) is 61.7. The van der Waals surface area contributed by atoms with E-state index in [1.807, 2.05) is 4.72 Å². The third kappa shape index (κ3) is 18.2. The van der Waals surface area contributed by atoms with Gasteiger partial charge in [-0.1, -0.05) is 0 Å². The van der Waals surface area contributed by atoms with E-state index in [0.717, 1.165) is 0 Å². The number of carbonyl (C=O) groups is 4. The maximum Gasteiger partial charge on any atom is 0.421 e. The van der Waals surface area contributed by atoms with Gasteiger partial charge in [0.15, 0.2) is 4.75 Å². The normalized spacial score (nSPS) is 19.9. The minimum Gasteiger partial charge on any atom is -0.443 e. The van der Waals surface area contributed by atoms with Crippen molar-refractivity contribution < 1.29 is 102 Å². The van der Waals surface area contributed by atoms with Gasteiger partial charge in [-0.2, -0.15) is 0 Å². The van der Waals surface area contributed by atoms with Crippen LogP contribution in [-0.4, -0.2) is 127 Å². The van der Waals surface area contributed by atoms with Gasteiger partial charge in [0.05, 0.1) is 5.25 Å². The summed E-state index contributed by atoms with van der Waals surface area (Å²) in [5.74, 6) is 0. The summed E-state index contributed by atoms with van der Waals surface area (Å²) in [5, 5.41) is 8.73. The molecule has 0 radical (unpaired) electrons. The molecule has 5 rings (SSSR count). The Morgan fingerprint density at radius 3 is 0.955 bits per heavy atom. The van der Waals surface area contributed by atoms with Crippen LogP contribution < -0.4 is 24.4 Å². The molecule has 22 nitrogen and oxygen atoms in total. The fourth-order valence-electron chi connectivity index (χ4n) is 4.70. The first-order valence-corrected chi connectivity index (χ1v) is 27.3. The van der Waals surface area contributed by atoms with Crippen molar-refractivity contribution in [2.75, 3.05) is 0 Å². The second-order valence-corrected chi connectivity index (χ2v) is 28.7. The Kier molecular flexibility index (Phi) is 19.3. The molecule has 5 aliphatic rings. The molecule has 7 N–H and O–H groups in total. The minimum absolute atomic E-state index is 0.0104. The SMILES string of the molecule is CC(C)(C)OC(=O)NS(=O)(=O)C1(C(F)F)CC1.CC(C)(C)OC(=O)NS(=O)(=O)C1(C=O)CC1.CC(C)(C)OC(=O)NS(=O)(=O)C1CC1.NS(=O)(=O)C1(C(F)F)CC1.NS(=O)(=O)C1(C(F)F)CC1. The summed E-state index contributed by atoms with van der Waals surface area (Å²) in [4.78, 5) is 44.2. The fourth-order valence-corrected chi connectivity index (χ4v) is 10.3. The van der Waals surface area contributed by atoms with Crippen molar-refractivity contribution >= 4 is 74.7 Å². The average Bonchev–Trinajstić information content (AvgIpc) is 3.90. The van der Waals surface area contributed by atoms with Crippen molar-refractivity contribution in [1.82, 2.24) is 14.2 Å². The molecule has 0 heterocycles. The Morgan fingerprint density at radius 1 is 0.507 bits per heavy atom. The predicted octanol–water partition coefficient (Wildman–Crippen LogP) is 3.36. The quantitative estimate of drug-likeness (QED) is 0.106. The summed E-state index contributed by atoms with van der Waals surface area (Å²) in [6.45, 7) is 14.5. The zero-order valence-corrected chi connectivity index (χ0v) is 41.9. The zero-order valence-electron chi connectivity index (χ0n) is 37.9. The predicted molar refractivity (Wildman–Crippen MR) is 226 cm³/mol. The summed E-state index contributed by atoms with van der Waals surface area (Å²) >= 11 is 0. The topological polar surface area (TPSA) is 355 Å². The maximum absolute atomic E-state index is 12.6. The standard InChI is InChI=1S/C9H15F2NO4S.C9H15NO5S.C8H15NO4S.2C4H7F2NO2S/c1-8(2,3)16-7(13)12-17(14,15)9(4-5-9)6(10)11;1-8(2,3)15-7(12)10-16(13,14)9(6-11)4-5-9;1-8(2,3)13-7(10)9-14(11,12)6-4-5-6;2*5-3(6)4(1-2-4)10(7,8)9/h6H,4-5H2,1-3H3,(H,12,13);6H,4-5H2,1-3H3,(H,10,12);6H,4-5H2,1-3H3,(H,9,10);2*3H,1-2H2,(H2,7,8,9). The lowest BCUT2D eigenvalue weighted by molar-refractivity contribution is -0.108. The largest absolute Gasteiger partial charge is 0.443 e. The van der Waals surface area contributed by atoms with Gasteiger partial charge in [-0.25, -0.2) is 107 Å². The molecule has 0 aromatic carbocycles. The highest BCUT2D eigenvalue weighted by atomic mass is 32.2. The number of primary sulfonamides is 2. The molecule has 0 aliphatic heterocycles. The maximum atomic E-state index is 12.6. The Bertz CT molecular complexity index is 2320. The molecular formula is C34H59F6N5O17S5. The van der Waals surface area contributed by atoms with E-state index in [1.165, 1.54) is 4.72 Å². The first-order chi connectivity index (χ1) is 29.6. The number of rotatable bonds is 12. The number of nitrogens with one attached hydrogen (secondary N) is 3. The van der Waals surface area contributed by atoms with Crippen LogP contribution in [0.1, 0.15) is 127 Å². The van der Waals surface area contributed by atoms with Gasteiger partial charge in [0.1, 0.15) is 37.3 Å². The highest BCUT2D eigenvalue weighted by molar-refractivity contribution is 7.92. The van der Waals surface area contributed by atoms with Gasteiger partial charge < -0.3 is 19.0 Å². The van der Waals surface area contributed by atoms with E-state index in [2.05, 4.69) is 10.3 Å². The lowest BCUT2D eigenvalue weighted by Gasteiger charge is -2.21. The van der Waals surface area contributed by atoms with Gasteiger partial charge >= 0.3 is 18.3 Å². The molecule has 0 bridgehead atoms. The Labute approximate surface area is 386 Å². The van der Waals surface area contributed by atoms with Crippen LogP contribution in [-0.2, 0) is 69.1 Å². The van der Waals surface area contributed by atoms with Crippen molar-refractivity contribution in [3.8, 4) is 0 Å². The molecule has 0 saturated heterocycles. The minimum atomic E-state index is -4.39. The summed E-state index contributed by atoms with van der Waals surface area (Å²) < 4.78 is 196. The van der Waals surface area contributed by atoms with E-state index >= 15 is 0 Å². The molecule has 0 spiro atoms. The highest BCUT2D eigenvalue weighted by Gasteiger charge is 2.63. The molecule has 0 aromatic rings. The average molecular weight is 1080 g/mol. The third-order valence-electron chi connectivity index (χ3n) is 9.40. The molecule has 0 atom stereocenters. The van der Waals surface area contributed by atoms with Crippen LogP contribution in [0.25, 0.3) is 0 Å². The van der Waals surface area contributed by atoms with E-state index in [1.54, 1.807) is 67.0 Å². The monoisotopic (exact) mass is 1080 g/mol. The number of hydrogen-bond donors (Lipinski definition) is 5. The Balaban J connectivity index is 0.000000425. The Morgan fingerprint density at radius 2 is 0.776 bits per heavy atom. The number of hydrogen-bond acceptors (Lipinski definition) is 17. The van der Waals surface area contributed by atoms with Gasteiger partial charge in [0.2, 0.25) is 50.1 Å². The van der Waals surface area contributed by atoms with E-state index in [4.69, 9.17) is 14.2 Å². The first-order valence-electron chi connectivity index (χ1n) is 19.7. The summed E-state index contributed by atoms with van der Waals surface area (Å²) in [7, 11) is -19.9. The van der Waals surface area contributed by atoms with E-state index < -0.39 is 129 Å². The Hall–Kier alpha value is -3.27. The van der Waals surface area contributed by atoms with Crippen molar-refractivity contribution in [1.29, 1.82) is 0 Å². The zero-order chi connectivity index (χ0) is 53.1. The van der Waals surface area contributed by atoms with Gasteiger partial charge in [0, 0.05) is 0 Å². The van der Waals surface area contributed by atoms with Crippen LogP contribution >= 0.6 is 0 Å². The third-order valence-corrected chi connectivity index (χ3v) is 18.7.